The minimum atomic E-state index is -3.92. The topological polar surface area (TPSA) is 180 Å². The molecule has 0 radical (unpaired) electrons. The van der Waals surface area contributed by atoms with Gasteiger partial charge in [0, 0.05) is 41.0 Å². The zero-order chi connectivity index (χ0) is 40.1. The second kappa shape index (κ2) is 15.6. The molecule has 3 N–H and O–H groups in total. The van der Waals surface area contributed by atoms with Gasteiger partial charge in [-0.15, -0.1) is 17.9 Å². The second-order valence-electron chi connectivity index (χ2n) is 15.6. The highest BCUT2D eigenvalue weighted by Gasteiger charge is 2.62. The van der Waals surface area contributed by atoms with E-state index in [2.05, 4.69) is 31.9 Å². The van der Waals surface area contributed by atoms with Crippen molar-refractivity contribution in [1.82, 2.24) is 29.8 Å². The third-order valence-corrected chi connectivity index (χ3v) is 14.7. The van der Waals surface area contributed by atoms with Gasteiger partial charge in [0.2, 0.25) is 27.8 Å². The van der Waals surface area contributed by atoms with E-state index in [0.717, 1.165) is 43.2 Å². The Bertz CT molecular complexity index is 2200. The van der Waals surface area contributed by atoms with Gasteiger partial charge in [0.05, 0.1) is 24.0 Å². The molecule has 0 unspecified atom stereocenters. The summed E-state index contributed by atoms with van der Waals surface area (Å²) in [5.74, 6) is -3.18. The number of likely N-dealkylation sites (tertiary alicyclic amines) is 1. The summed E-state index contributed by atoms with van der Waals surface area (Å²) in [6.07, 6.45) is 6.72. The largest absolute Gasteiger partial charge is 0.444 e. The van der Waals surface area contributed by atoms with Crippen molar-refractivity contribution in [2.75, 3.05) is 11.9 Å². The smallest absolute Gasteiger partial charge is 0.410 e. The zero-order valence-corrected chi connectivity index (χ0v) is 33.4. The molecule has 0 bridgehead atoms. The summed E-state index contributed by atoms with van der Waals surface area (Å²) in [4.78, 5) is 67.8. The summed E-state index contributed by atoms with van der Waals surface area (Å²) in [7, 11) is -3.92. The number of sulfonamides is 1. The second-order valence-corrected chi connectivity index (χ2v) is 18.8. The quantitative estimate of drug-likeness (QED) is 0.163. The van der Waals surface area contributed by atoms with E-state index in [0.29, 0.717) is 34.3 Å². The molecule has 1 saturated heterocycles. The van der Waals surface area contributed by atoms with E-state index in [4.69, 9.17) is 16.3 Å². The molecule has 18 heteroatoms. The SMILES string of the molecule is C=C[C@@H]1C[C@]1(NC(=O)[C@@H]1C[C@@H](OC(=O)N2Cc3cccc(Cl)c3C2)CN1C(=O)[C@@H](Nc1nc(-c2ccc(F)nc2)cs1)C1CCCCC1)C(=O)NS(=O)(=O)C1CC1. The molecule has 0 spiro atoms. The van der Waals surface area contributed by atoms with Crippen LogP contribution >= 0.6 is 22.9 Å². The number of ether oxygens (including phenoxy) is 1. The summed E-state index contributed by atoms with van der Waals surface area (Å²) in [6, 6.07) is 6.30. The van der Waals surface area contributed by atoms with Gasteiger partial charge in [-0.05, 0) is 67.3 Å². The zero-order valence-electron chi connectivity index (χ0n) is 31.0. The van der Waals surface area contributed by atoms with Crippen LogP contribution in [0.2, 0.25) is 5.02 Å². The van der Waals surface area contributed by atoms with E-state index in [1.54, 1.807) is 17.5 Å². The summed E-state index contributed by atoms with van der Waals surface area (Å²) < 4.78 is 47.2. The van der Waals surface area contributed by atoms with Crippen LogP contribution in [0.4, 0.5) is 14.3 Å². The maximum Gasteiger partial charge on any atom is 0.410 e. The number of anilines is 1. The van der Waals surface area contributed by atoms with Crippen LogP contribution in [0.25, 0.3) is 11.3 Å². The molecular weight excluding hydrogens is 797 g/mol. The summed E-state index contributed by atoms with van der Waals surface area (Å²) >= 11 is 7.68. The monoisotopic (exact) mass is 839 g/mol. The van der Waals surface area contributed by atoms with Crippen LogP contribution in [0, 0.1) is 17.8 Å². The van der Waals surface area contributed by atoms with Crippen LogP contribution in [0.3, 0.4) is 0 Å². The first-order valence-corrected chi connectivity index (χ1v) is 22.0. The highest BCUT2D eigenvalue weighted by molar-refractivity contribution is 7.91. The van der Waals surface area contributed by atoms with E-state index in [1.165, 1.54) is 39.5 Å². The molecular formula is C39H43ClFN7O7S2. The number of hydrogen-bond donors (Lipinski definition) is 3. The molecule has 3 saturated carbocycles. The van der Waals surface area contributed by atoms with Gasteiger partial charge in [-0.2, -0.15) is 4.39 Å². The fourth-order valence-electron chi connectivity index (χ4n) is 8.28. The van der Waals surface area contributed by atoms with E-state index in [9.17, 15) is 32.0 Å². The number of amides is 4. The summed E-state index contributed by atoms with van der Waals surface area (Å²) in [5.41, 5.74) is 1.31. The Morgan fingerprint density at radius 2 is 1.88 bits per heavy atom. The third-order valence-electron chi connectivity index (χ3n) is 11.7. The predicted octanol–water partition coefficient (Wildman–Crippen LogP) is 5.15. The van der Waals surface area contributed by atoms with Crippen LogP contribution in [0.1, 0.15) is 68.9 Å². The lowest BCUT2D eigenvalue weighted by atomic mass is 9.83. The van der Waals surface area contributed by atoms with Crippen LogP contribution in [0.15, 0.2) is 54.6 Å². The van der Waals surface area contributed by atoms with Crippen LogP contribution in [-0.4, -0.2) is 87.5 Å². The molecule has 3 aromatic rings. The van der Waals surface area contributed by atoms with Gasteiger partial charge in [-0.1, -0.05) is 49.1 Å². The van der Waals surface area contributed by atoms with Crippen molar-refractivity contribution in [3.63, 3.8) is 0 Å². The molecule has 5 aliphatic rings. The molecule has 4 fully saturated rings. The van der Waals surface area contributed by atoms with Gasteiger partial charge in [0.25, 0.3) is 5.91 Å². The number of carbonyl (C=O) groups is 4. The number of rotatable bonds is 12. The Morgan fingerprint density at radius 3 is 2.56 bits per heavy atom. The van der Waals surface area contributed by atoms with Gasteiger partial charge >= 0.3 is 6.09 Å². The Morgan fingerprint density at radius 1 is 1.09 bits per heavy atom. The Balaban J connectivity index is 1.05. The van der Waals surface area contributed by atoms with Gasteiger partial charge in [-0.25, -0.2) is 23.2 Å². The van der Waals surface area contributed by atoms with Gasteiger partial charge in [0.1, 0.15) is 23.7 Å². The van der Waals surface area contributed by atoms with Crippen molar-refractivity contribution in [2.24, 2.45) is 11.8 Å². The van der Waals surface area contributed by atoms with Crippen LogP contribution in [-0.2, 0) is 42.2 Å². The predicted molar refractivity (Wildman–Crippen MR) is 210 cm³/mol. The lowest BCUT2D eigenvalue weighted by Crippen LogP contribution is -2.58. The Hall–Kier alpha value is -4.61. The van der Waals surface area contributed by atoms with Crippen LogP contribution < -0.4 is 15.4 Å². The van der Waals surface area contributed by atoms with Crippen molar-refractivity contribution in [2.45, 2.75) is 99.9 Å². The highest BCUT2D eigenvalue weighted by Crippen LogP contribution is 2.46. The Kier molecular flexibility index (Phi) is 10.8. The van der Waals surface area contributed by atoms with Gasteiger partial charge in [0.15, 0.2) is 5.13 Å². The standard InChI is InChI=1S/C39H43ClFN7O7S2/c1-2-25-16-39(25,36(51)46-57(53,54)27-12-13-27)45-34(49)31-15-26(55-38(52)47-18-24-9-6-10-29(40)28(24)20-47)19-48(31)35(50)33(22-7-4-3-5-8-22)44-37-43-30(21-56-37)23-11-14-32(41)42-17-23/h2,6,9-11,14,17,21-22,25-27,31,33H,1,3-5,7-8,12-13,15-16,18-20H2,(H,43,44)(H,45,49)(H,46,51)/t25-,26-,31+,33+,39-/m1/s1. The van der Waals surface area contributed by atoms with Crippen molar-refractivity contribution >= 4 is 61.9 Å². The van der Waals surface area contributed by atoms with Crippen molar-refractivity contribution in [3.05, 3.63) is 76.7 Å². The molecule has 4 amide bonds. The molecule has 57 heavy (non-hydrogen) atoms. The molecule has 8 rings (SSSR count). The number of benzene rings is 1. The summed E-state index contributed by atoms with van der Waals surface area (Å²) in [5, 5.41) is 8.29. The number of nitrogens with zero attached hydrogens (tertiary/aromatic N) is 4. The minimum Gasteiger partial charge on any atom is -0.444 e. The normalized spacial score (nSPS) is 25.0. The maximum atomic E-state index is 14.9. The van der Waals surface area contributed by atoms with Gasteiger partial charge in [-0.3, -0.25) is 24.0 Å². The number of fused-ring (bicyclic) bond motifs is 1. The van der Waals surface area contributed by atoms with E-state index in [1.807, 2.05) is 12.1 Å². The molecule has 5 atom stereocenters. The average Bonchev–Trinajstić information content (AvgIpc) is 4.01. The fraction of sp³-hybridized carbons (Fsp3) is 0.487. The molecule has 1 aromatic carbocycles. The van der Waals surface area contributed by atoms with Crippen molar-refractivity contribution < 1.29 is 36.7 Å². The number of carbonyl (C=O) groups excluding carboxylic acids is 4. The highest BCUT2D eigenvalue weighted by atomic mass is 35.5. The first kappa shape index (κ1) is 39.2. The summed E-state index contributed by atoms with van der Waals surface area (Å²) in [6.45, 7) is 4.22. The fourth-order valence-corrected chi connectivity index (χ4v) is 10.7. The minimum absolute atomic E-state index is 0.0575. The molecule has 2 aliphatic heterocycles. The first-order valence-electron chi connectivity index (χ1n) is 19.2. The number of aromatic nitrogens is 2. The van der Waals surface area contributed by atoms with E-state index >= 15 is 0 Å². The number of nitrogens with one attached hydrogen (secondary N) is 3. The number of thiazole rings is 1. The van der Waals surface area contributed by atoms with E-state index in [-0.39, 0.29) is 38.4 Å². The molecule has 14 nitrogen and oxygen atoms in total. The maximum absolute atomic E-state index is 14.9. The number of pyridine rings is 1. The third kappa shape index (κ3) is 8.10. The van der Waals surface area contributed by atoms with Crippen molar-refractivity contribution in [3.8, 4) is 11.3 Å². The number of hydrogen-bond acceptors (Lipinski definition) is 11. The average molecular weight is 840 g/mol. The lowest BCUT2D eigenvalue weighted by molar-refractivity contribution is -0.141. The molecule has 302 valence electrons. The van der Waals surface area contributed by atoms with Crippen molar-refractivity contribution in [1.29, 1.82) is 0 Å². The molecule has 4 heterocycles. The van der Waals surface area contributed by atoms with Crippen LogP contribution in [0.5, 0.6) is 0 Å². The Labute approximate surface area is 338 Å². The van der Waals surface area contributed by atoms with Gasteiger partial charge < -0.3 is 20.3 Å². The lowest BCUT2D eigenvalue weighted by Gasteiger charge is -2.34. The first-order chi connectivity index (χ1) is 27.3. The molecule has 2 aromatic heterocycles. The number of halogens is 2. The van der Waals surface area contributed by atoms with E-state index < -0.39 is 74.7 Å². The molecule has 3 aliphatic carbocycles.